The molecule has 2 heterocycles. The molecule has 5 nitrogen and oxygen atoms in total. The Morgan fingerprint density at radius 3 is 2.95 bits per heavy atom. The Morgan fingerprint density at radius 2 is 2.11 bits per heavy atom. The van der Waals surface area contributed by atoms with Crippen molar-refractivity contribution in [3.05, 3.63) is 53.9 Å². The van der Waals surface area contributed by atoms with Gasteiger partial charge < -0.3 is 14.7 Å². The quantitative estimate of drug-likeness (QED) is 0.813. The van der Waals surface area contributed by atoms with Gasteiger partial charge in [-0.3, -0.25) is 0 Å². The lowest BCUT2D eigenvalue weighted by Gasteiger charge is -2.25. The number of nitrogens with zero attached hydrogens (tertiary/aromatic N) is 1. The van der Waals surface area contributed by atoms with E-state index in [4.69, 9.17) is 4.84 Å². The molecule has 1 aliphatic rings. The standard InChI is InChI=1S/C14H15N3O2/c18-14(19-16-12-4-2-1-3-5-12)17-9-7-11-6-8-15-13(11)10-17/h1-6,8,15-16H,7,9-10H2. The van der Waals surface area contributed by atoms with Gasteiger partial charge in [0.15, 0.2) is 0 Å². The first-order chi connectivity index (χ1) is 9.33. The monoisotopic (exact) mass is 257 g/mol. The summed E-state index contributed by atoms with van der Waals surface area (Å²) in [5.74, 6) is 0. The maximum Gasteiger partial charge on any atom is 0.434 e. The number of aromatic amines is 1. The fraction of sp³-hybridized carbons (Fsp3) is 0.214. The highest BCUT2D eigenvalue weighted by atomic mass is 16.7. The summed E-state index contributed by atoms with van der Waals surface area (Å²) in [6, 6.07) is 11.4. The second-order valence-corrected chi connectivity index (χ2v) is 4.49. The number of aromatic nitrogens is 1. The highest BCUT2D eigenvalue weighted by molar-refractivity contribution is 5.69. The molecule has 1 aromatic heterocycles. The average molecular weight is 257 g/mol. The van der Waals surface area contributed by atoms with Gasteiger partial charge in [-0.1, -0.05) is 18.2 Å². The third-order valence-corrected chi connectivity index (χ3v) is 3.22. The van der Waals surface area contributed by atoms with E-state index < -0.39 is 0 Å². The van der Waals surface area contributed by atoms with Crippen LogP contribution < -0.4 is 5.48 Å². The van der Waals surface area contributed by atoms with Crippen LogP contribution in [0, 0.1) is 0 Å². The van der Waals surface area contributed by atoms with Crippen LogP contribution in [0.4, 0.5) is 10.5 Å². The highest BCUT2D eigenvalue weighted by Gasteiger charge is 2.22. The number of rotatable bonds is 2. The van der Waals surface area contributed by atoms with E-state index in [9.17, 15) is 4.79 Å². The lowest BCUT2D eigenvalue weighted by atomic mass is 10.1. The van der Waals surface area contributed by atoms with E-state index in [0.29, 0.717) is 13.1 Å². The molecule has 1 aromatic carbocycles. The first-order valence-electron chi connectivity index (χ1n) is 6.25. The van der Waals surface area contributed by atoms with Crippen molar-refractivity contribution in [2.75, 3.05) is 12.0 Å². The Bertz CT molecular complexity index is 565. The fourth-order valence-corrected chi connectivity index (χ4v) is 2.17. The molecule has 0 saturated heterocycles. The van der Waals surface area contributed by atoms with Crippen molar-refractivity contribution in [1.82, 2.24) is 9.88 Å². The molecule has 2 aromatic rings. The van der Waals surface area contributed by atoms with Crippen molar-refractivity contribution >= 4 is 11.8 Å². The van der Waals surface area contributed by atoms with Crippen molar-refractivity contribution in [3.8, 4) is 0 Å². The average Bonchev–Trinajstić information content (AvgIpc) is 2.93. The number of para-hydroxylation sites is 1. The van der Waals surface area contributed by atoms with E-state index in [1.54, 1.807) is 4.90 Å². The zero-order chi connectivity index (χ0) is 13.1. The number of anilines is 1. The van der Waals surface area contributed by atoms with Crippen LogP contribution in [0.2, 0.25) is 0 Å². The Hall–Kier alpha value is -2.43. The summed E-state index contributed by atoms with van der Waals surface area (Å²) in [5.41, 5.74) is 5.78. The van der Waals surface area contributed by atoms with Gasteiger partial charge in [-0.15, -0.1) is 0 Å². The summed E-state index contributed by atoms with van der Waals surface area (Å²) < 4.78 is 0. The summed E-state index contributed by atoms with van der Waals surface area (Å²) in [6.45, 7) is 1.25. The topological polar surface area (TPSA) is 57.4 Å². The second kappa shape index (κ2) is 5.06. The smallest absolute Gasteiger partial charge is 0.363 e. The van der Waals surface area contributed by atoms with Gasteiger partial charge >= 0.3 is 6.09 Å². The summed E-state index contributed by atoms with van der Waals surface area (Å²) in [6.07, 6.45) is 2.41. The van der Waals surface area contributed by atoms with Gasteiger partial charge in [-0.05, 0) is 30.2 Å². The predicted molar refractivity (Wildman–Crippen MR) is 71.5 cm³/mol. The van der Waals surface area contributed by atoms with Gasteiger partial charge in [0.05, 0.1) is 12.2 Å². The third kappa shape index (κ3) is 2.54. The second-order valence-electron chi connectivity index (χ2n) is 4.49. The first-order valence-corrected chi connectivity index (χ1v) is 6.25. The number of carbonyl (C=O) groups excluding carboxylic acids is 1. The molecular formula is C14H15N3O2. The van der Waals surface area contributed by atoms with Gasteiger partial charge in [0, 0.05) is 18.4 Å². The van der Waals surface area contributed by atoms with Crippen LogP contribution >= 0.6 is 0 Å². The molecule has 5 heteroatoms. The van der Waals surface area contributed by atoms with Crippen molar-refractivity contribution in [3.63, 3.8) is 0 Å². The van der Waals surface area contributed by atoms with E-state index >= 15 is 0 Å². The number of H-pyrrole nitrogens is 1. The van der Waals surface area contributed by atoms with Crippen molar-refractivity contribution in [2.24, 2.45) is 0 Å². The predicted octanol–water partition coefficient (Wildman–Crippen LogP) is 2.54. The number of hydrogen-bond acceptors (Lipinski definition) is 3. The molecule has 0 fully saturated rings. The molecule has 0 radical (unpaired) electrons. The molecule has 0 atom stereocenters. The molecule has 0 unspecified atom stereocenters. The van der Waals surface area contributed by atoms with Gasteiger partial charge in [-0.25, -0.2) is 10.3 Å². The van der Waals surface area contributed by atoms with Crippen LogP contribution in [0.15, 0.2) is 42.6 Å². The SMILES string of the molecule is O=C(ONc1ccccc1)N1CCc2cc[nH]c2C1. The maximum atomic E-state index is 11.9. The molecule has 0 bridgehead atoms. The van der Waals surface area contributed by atoms with Crippen molar-refractivity contribution in [2.45, 2.75) is 13.0 Å². The lowest BCUT2D eigenvalue weighted by Crippen LogP contribution is -2.37. The van der Waals surface area contributed by atoms with E-state index in [-0.39, 0.29) is 6.09 Å². The van der Waals surface area contributed by atoms with E-state index in [2.05, 4.69) is 16.5 Å². The van der Waals surface area contributed by atoms with Gasteiger partial charge in [-0.2, -0.15) is 0 Å². The minimum atomic E-state index is -0.357. The molecule has 0 aliphatic carbocycles. The van der Waals surface area contributed by atoms with Crippen LogP contribution in [0.1, 0.15) is 11.3 Å². The summed E-state index contributed by atoms with van der Waals surface area (Å²) in [4.78, 5) is 21.8. The molecule has 1 aliphatic heterocycles. The number of hydrogen-bond donors (Lipinski definition) is 2. The minimum Gasteiger partial charge on any atom is -0.363 e. The molecule has 2 N–H and O–H groups in total. The van der Waals surface area contributed by atoms with Crippen molar-refractivity contribution in [1.29, 1.82) is 0 Å². The molecular weight excluding hydrogens is 242 g/mol. The van der Waals surface area contributed by atoms with Crippen molar-refractivity contribution < 1.29 is 9.63 Å². The number of nitrogens with one attached hydrogen (secondary N) is 2. The van der Waals surface area contributed by atoms with Crippen LogP contribution in [0.5, 0.6) is 0 Å². The van der Waals surface area contributed by atoms with Crippen LogP contribution in [0.3, 0.4) is 0 Å². The van der Waals surface area contributed by atoms with E-state index in [1.807, 2.05) is 36.5 Å². The van der Waals surface area contributed by atoms with Crippen LogP contribution in [-0.4, -0.2) is 22.5 Å². The maximum absolute atomic E-state index is 11.9. The van der Waals surface area contributed by atoms with Crippen LogP contribution in [0.25, 0.3) is 0 Å². The summed E-state index contributed by atoms with van der Waals surface area (Å²) >= 11 is 0. The molecule has 0 spiro atoms. The molecule has 98 valence electrons. The molecule has 19 heavy (non-hydrogen) atoms. The lowest BCUT2D eigenvalue weighted by molar-refractivity contribution is 0.117. The Morgan fingerprint density at radius 1 is 1.26 bits per heavy atom. The zero-order valence-electron chi connectivity index (χ0n) is 10.4. The zero-order valence-corrected chi connectivity index (χ0v) is 10.4. The molecule has 3 rings (SSSR count). The Balaban J connectivity index is 1.57. The van der Waals surface area contributed by atoms with Crippen LogP contribution in [-0.2, 0) is 17.8 Å². The first kappa shape index (κ1) is 11.6. The number of amides is 1. The number of fused-ring (bicyclic) bond motifs is 1. The highest BCUT2D eigenvalue weighted by Crippen LogP contribution is 2.17. The number of benzene rings is 1. The van der Waals surface area contributed by atoms with Gasteiger partial charge in [0.2, 0.25) is 0 Å². The Kier molecular flexibility index (Phi) is 3.10. The summed E-state index contributed by atoms with van der Waals surface area (Å²) in [5, 5.41) is 0. The largest absolute Gasteiger partial charge is 0.434 e. The minimum absolute atomic E-state index is 0.357. The summed E-state index contributed by atoms with van der Waals surface area (Å²) in [7, 11) is 0. The fourth-order valence-electron chi connectivity index (χ4n) is 2.17. The van der Waals surface area contributed by atoms with Gasteiger partial charge in [0.1, 0.15) is 0 Å². The third-order valence-electron chi connectivity index (χ3n) is 3.22. The van der Waals surface area contributed by atoms with Gasteiger partial charge in [0.25, 0.3) is 0 Å². The van der Waals surface area contributed by atoms with E-state index in [0.717, 1.165) is 17.8 Å². The van der Waals surface area contributed by atoms with E-state index in [1.165, 1.54) is 5.56 Å². The Labute approximate surface area is 111 Å². The normalized spacial score (nSPS) is 13.8. The molecule has 1 amide bonds. The molecule has 0 saturated carbocycles. The number of carbonyl (C=O) groups is 1.